The summed E-state index contributed by atoms with van der Waals surface area (Å²) in [5.41, 5.74) is 1.32. The van der Waals surface area contributed by atoms with Crippen LogP contribution in [0.25, 0.3) is 6.08 Å². The number of benzene rings is 1. The van der Waals surface area contributed by atoms with Gasteiger partial charge in [-0.1, -0.05) is 17.7 Å². The SMILES string of the molecule is CCNC(=O)CN(CC)c1cccc(Cl)c1C=CC(=O)O. The number of rotatable bonds is 7. The van der Waals surface area contributed by atoms with Crippen molar-refractivity contribution in [3.8, 4) is 0 Å². The van der Waals surface area contributed by atoms with Crippen LogP contribution < -0.4 is 10.2 Å². The lowest BCUT2D eigenvalue weighted by atomic mass is 10.1. The molecular weight excluding hydrogens is 292 g/mol. The van der Waals surface area contributed by atoms with Crippen LogP contribution in [0.3, 0.4) is 0 Å². The third-order valence-electron chi connectivity index (χ3n) is 2.85. The van der Waals surface area contributed by atoms with E-state index in [-0.39, 0.29) is 12.5 Å². The first-order chi connectivity index (χ1) is 9.99. The van der Waals surface area contributed by atoms with Gasteiger partial charge in [0.15, 0.2) is 0 Å². The third-order valence-corrected chi connectivity index (χ3v) is 3.18. The van der Waals surface area contributed by atoms with Crippen molar-refractivity contribution in [2.45, 2.75) is 13.8 Å². The molecule has 2 N–H and O–H groups in total. The predicted octanol–water partition coefficient (Wildman–Crippen LogP) is 2.40. The van der Waals surface area contributed by atoms with E-state index < -0.39 is 5.97 Å². The van der Waals surface area contributed by atoms with Crippen molar-refractivity contribution >= 4 is 35.2 Å². The maximum atomic E-state index is 11.8. The van der Waals surface area contributed by atoms with Crippen molar-refractivity contribution < 1.29 is 14.7 Å². The summed E-state index contributed by atoms with van der Waals surface area (Å²) in [7, 11) is 0. The highest BCUT2D eigenvalue weighted by Gasteiger charge is 2.14. The maximum absolute atomic E-state index is 11.8. The van der Waals surface area contributed by atoms with Crippen molar-refractivity contribution in [3.63, 3.8) is 0 Å². The smallest absolute Gasteiger partial charge is 0.328 e. The molecule has 0 aliphatic carbocycles. The highest BCUT2D eigenvalue weighted by molar-refractivity contribution is 6.32. The molecule has 114 valence electrons. The van der Waals surface area contributed by atoms with E-state index in [1.54, 1.807) is 12.1 Å². The van der Waals surface area contributed by atoms with Crippen LogP contribution in [0.5, 0.6) is 0 Å². The van der Waals surface area contributed by atoms with Crippen LogP contribution in [0.4, 0.5) is 5.69 Å². The van der Waals surface area contributed by atoms with Crippen LogP contribution in [0.1, 0.15) is 19.4 Å². The van der Waals surface area contributed by atoms with Crippen molar-refractivity contribution in [2.75, 3.05) is 24.5 Å². The Kier molecular flexibility index (Phi) is 6.75. The molecule has 0 fully saturated rings. The lowest BCUT2D eigenvalue weighted by Crippen LogP contribution is -2.37. The minimum atomic E-state index is -1.05. The molecule has 21 heavy (non-hydrogen) atoms. The second-order valence-electron chi connectivity index (χ2n) is 4.31. The molecule has 0 unspecified atom stereocenters. The molecule has 0 heterocycles. The number of amides is 1. The number of hydrogen-bond donors (Lipinski definition) is 2. The van der Waals surface area contributed by atoms with Gasteiger partial charge in [0.05, 0.1) is 6.54 Å². The molecule has 1 aromatic rings. The number of nitrogens with one attached hydrogen (secondary N) is 1. The lowest BCUT2D eigenvalue weighted by molar-refractivity contribution is -0.131. The fourth-order valence-corrected chi connectivity index (χ4v) is 2.15. The third kappa shape index (κ3) is 5.11. The normalized spacial score (nSPS) is 10.6. The molecule has 0 aliphatic heterocycles. The summed E-state index contributed by atoms with van der Waals surface area (Å²) in [5.74, 6) is -1.14. The van der Waals surface area contributed by atoms with Gasteiger partial charge in [-0.3, -0.25) is 4.79 Å². The Morgan fingerprint density at radius 2 is 2.10 bits per heavy atom. The zero-order valence-corrected chi connectivity index (χ0v) is 12.9. The first-order valence-corrected chi connectivity index (χ1v) is 7.08. The highest BCUT2D eigenvalue weighted by atomic mass is 35.5. The Morgan fingerprint density at radius 1 is 1.38 bits per heavy atom. The second-order valence-corrected chi connectivity index (χ2v) is 4.72. The number of anilines is 1. The van der Waals surface area contributed by atoms with Gasteiger partial charge >= 0.3 is 5.97 Å². The monoisotopic (exact) mass is 310 g/mol. The number of hydrogen-bond acceptors (Lipinski definition) is 3. The van der Waals surface area contributed by atoms with Crippen LogP contribution in [0.2, 0.25) is 5.02 Å². The number of carboxylic acids is 1. The van der Waals surface area contributed by atoms with Gasteiger partial charge in [0, 0.05) is 35.4 Å². The molecule has 1 aromatic carbocycles. The topological polar surface area (TPSA) is 69.6 Å². The number of aliphatic carboxylic acids is 1. The highest BCUT2D eigenvalue weighted by Crippen LogP contribution is 2.28. The Labute approximate surface area is 129 Å². The van der Waals surface area contributed by atoms with Gasteiger partial charge in [-0.15, -0.1) is 0 Å². The first-order valence-electron chi connectivity index (χ1n) is 6.70. The van der Waals surface area contributed by atoms with E-state index in [0.717, 1.165) is 11.8 Å². The summed E-state index contributed by atoms with van der Waals surface area (Å²) < 4.78 is 0. The average molecular weight is 311 g/mol. The van der Waals surface area contributed by atoms with Gasteiger partial charge < -0.3 is 15.3 Å². The van der Waals surface area contributed by atoms with Crippen molar-refractivity contribution in [1.29, 1.82) is 0 Å². The summed E-state index contributed by atoms with van der Waals surface area (Å²) >= 11 is 6.14. The Balaban J connectivity index is 3.11. The van der Waals surface area contributed by atoms with Crippen LogP contribution in [-0.4, -0.2) is 36.6 Å². The second kappa shape index (κ2) is 8.32. The van der Waals surface area contributed by atoms with E-state index in [2.05, 4.69) is 5.32 Å². The fraction of sp³-hybridized carbons (Fsp3) is 0.333. The van der Waals surface area contributed by atoms with E-state index in [0.29, 0.717) is 23.7 Å². The predicted molar refractivity (Wildman–Crippen MR) is 84.7 cm³/mol. The number of likely N-dealkylation sites (N-methyl/N-ethyl adjacent to an activating group) is 2. The quantitative estimate of drug-likeness (QED) is 0.759. The lowest BCUT2D eigenvalue weighted by Gasteiger charge is -2.24. The molecule has 1 amide bonds. The number of nitrogens with zero attached hydrogens (tertiary/aromatic N) is 1. The van der Waals surface area contributed by atoms with Gasteiger partial charge in [-0.25, -0.2) is 4.79 Å². The molecule has 1 rings (SSSR count). The summed E-state index contributed by atoms with van der Waals surface area (Å²) in [5, 5.41) is 11.9. The number of carbonyl (C=O) groups is 2. The first kappa shape index (κ1) is 17.0. The molecular formula is C15H19ClN2O3. The number of halogens is 1. The Bertz CT molecular complexity index is 544. The van der Waals surface area contributed by atoms with E-state index >= 15 is 0 Å². The summed E-state index contributed by atoms with van der Waals surface area (Å²) in [6.45, 7) is 5.14. The van der Waals surface area contributed by atoms with Gasteiger partial charge in [0.1, 0.15) is 0 Å². The maximum Gasteiger partial charge on any atom is 0.328 e. The van der Waals surface area contributed by atoms with Gasteiger partial charge in [0.25, 0.3) is 0 Å². The van der Waals surface area contributed by atoms with Crippen LogP contribution in [-0.2, 0) is 9.59 Å². The van der Waals surface area contributed by atoms with Crippen molar-refractivity contribution in [2.24, 2.45) is 0 Å². The van der Waals surface area contributed by atoms with Gasteiger partial charge in [0.2, 0.25) is 5.91 Å². The Hall–Kier alpha value is -2.01. The minimum Gasteiger partial charge on any atom is -0.478 e. The zero-order valence-electron chi connectivity index (χ0n) is 12.1. The average Bonchev–Trinajstić information content (AvgIpc) is 2.43. The van der Waals surface area contributed by atoms with Gasteiger partial charge in [-0.05, 0) is 32.1 Å². The molecule has 0 aliphatic rings. The van der Waals surface area contributed by atoms with Crippen LogP contribution in [0.15, 0.2) is 24.3 Å². The Morgan fingerprint density at radius 3 is 2.67 bits per heavy atom. The molecule has 6 heteroatoms. The van der Waals surface area contributed by atoms with Crippen molar-refractivity contribution in [1.82, 2.24) is 5.32 Å². The number of carboxylic acid groups (broad SMARTS) is 1. The summed E-state index contributed by atoms with van der Waals surface area (Å²) in [6.07, 6.45) is 2.48. The zero-order chi connectivity index (χ0) is 15.8. The number of carbonyl (C=O) groups excluding carboxylic acids is 1. The van der Waals surface area contributed by atoms with Crippen LogP contribution >= 0.6 is 11.6 Å². The molecule has 0 saturated carbocycles. The van der Waals surface area contributed by atoms with E-state index in [1.807, 2.05) is 24.8 Å². The molecule has 0 radical (unpaired) electrons. The van der Waals surface area contributed by atoms with Crippen LogP contribution in [0, 0.1) is 0 Å². The molecule has 5 nitrogen and oxygen atoms in total. The standard InChI is InChI=1S/C15H19ClN2O3/c1-3-17-14(19)10-18(4-2)13-7-5-6-12(16)11(13)8-9-15(20)21/h5-9H,3-4,10H2,1-2H3,(H,17,19)(H,20,21). The molecule has 0 atom stereocenters. The largest absolute Gasteiger partial charge is 0.478 e. The molecule has 0 aromatic heterocycles. The summed E-state index contributed by atoms with van der Waals surface area (Å²) in [4.78, 5) is 24.3. The summed E-state index contributed by atoms with van der Waals surface area (Å²) in [6, 6.07) is 5.28. The molecule has 0 saturated heterocycles. The van der Waals surface area contributed by atoms with Crippen molar-refractivity contribution in [3.05, 3.63) is 34.9 Å². The van der Waals surface area contributed by atoms with Gasteiger partial charge in [-0.2, -0.15) is 0 Å². The van der Waals surface area contributed by atoms with E-state index in [4.69, 9.17) is 16.7 Å². The van der Waals surface area contributed by atoms with E-state index in [1.165, 1.54) is 6.08 Å². The molecule has 0 spiro atoms. The minimum absolute atomic E-state index is 0.0903. The van der Waals surface area contributed by atoms with E-state index in [9.17, 15) is 9.59 Å². The fourth-order valence-electron chi connectivity index (χ4n) is 1.91. The molecule has 0 bridgehead atoms.